The number of carbonyl (C=O) groups is 6. The van der Waals surface area contributed by atoms with Crippen LogP contribution in [-0.2, 0) is 38.2 Å². The highest BCUT2D eigenvalue weighted by Gasteiger charge is 2.68. The lowest BCUT2D eigenvalue weighted by molar-refractivity contribution is -0.222. The van der Waals surface area contributed by atoms with Gasteiger partial charge in [0.15, 0.2) is 23.8 Å². The van der Waals surface area contributed by atoms with E-state index in [0.29, 0.717) is 77.0 Å². The minimum Gasteiger partial charge on any atom is -0.448 e. The molecule has 0 saturated heterocycles. The molecule has 0 amide bonds. The normalized spacial score (nSPS) is 48.3. The summed E-state index contributed by atoms with van der Waals surface area (Å²) in [6.45, 7) is 8.26. The SMILES string of the molecule is C[C@]12CCC(=O)CC1=CCC1[C@@H]2[C@@H](O)C[C@@]2(C)[C@H]1CCC[C@@]2(C=O)OC(=O)C=CC(=O)O[C@]1(C=O)CCC[C@H]2C3CC=C4CC(=O)CC[C@]4(C)[C@H]3[C@@H](O)C[C@@]21C. The van der Waals surface area contributed by atoms with Gasteiger partial charge in [0, 0.05) is 48.7 Å². The second-order valence-electron chi connectivity index (χ2n) is 20.1. The highest BCUT2D eigenvalue weighted by molar-refractivity contribution is 5.93. The van der Waals surface area contributed by atoms with Crippen LogP contribution in [0, 0.1) is 57.2 Å². The maximum absolute atomic E-state index is 13.6. The van der Waals surface area contributed by atoms with E-state index in [0.717, 1.165) is 48.7 Å². The largest absolute Gasteiger partial charge is 0.448 e. The van der Waals surface area contributed by atoms with E-state index in [4.69, 9.17) is 9.47 Å². The van der Waals surface area contributed by atoms with Crippen LogP contribution < -0.4 is 0 Å². The molecule has 0 spiro atoms. The fourth-order valence-electron chi connectivity index (χ4n) is 15.0. The zero-order valence-electron chi connectivity index (χ0n) is 33.6. The van der Waals surface area contributed by atoms with Gasteiger partial charge in [-0.1, -0.05) is 51.0 Å². The smallest absolute Gasteiger partial charge is 0.332 e. The van der Waals surface area contributed by atoms with Gasteiger partial charge in [-0.15, -0.1) is 0 Å². The Morgan fingerprint density at radius 3 is 1.43 bits per heavy atom. The van der Waals surface area contributed by atoms with Gasteiger partial charge in [0.1, 0.15) is 11.6 Å². The Hall–Kier alpha value is -3.24. The molecule has 10 heteroatoms. The van der Waals surface area contributed by atoms with Gasteiger partial charge in [-0.3, -0.25) is 19.2 Å². The summed E-state index contributed by atoms with van der Waals surface area (Å²) >= 11 is 0. The van der Waals surface area contributed by atoms with Crippen molar-refractivity contribution in [1.82, 2.24) is 0 Å². The minimum atomic E-state index is -1.51. The van der Waals surface area contributed by atoms with Crippen molar-refractivity contribution >= 4 is 36.1 Å². The lowest BCUT2D eigenvalue weighted by Gasteiger charge is -2.64. The molecule has 8 rings (SSSR count). The van der Waals surface area contributed by atoms with Crippen LogP contribution in [0.5, 0.6) is 0 Å². The number of hydrogen-bond donors (Lipinski definition) is 2. The number of aliphatic hydroxyl groups is 2. The molecule has 6 saturated carbocycles. The van der Waals surface area contributed by atoms with Crippen molar-refractivity contribution in [1.29, 1.82) is 0 Å². The average molecular weight is 773 g/mol. The molecule has 304 valence electrons. The molecule has 0 aromatic rings. The Morgan fingerprint density at radius 1 is 0.661 bits per heavy atom. The van der Waals surface area contributed by atoms with Crippen molar-refractivity contribution in [2.75, 3.05) is 0 Å². The van der Waals surface area contributed by atoms with Crippen LogP contribution >= 0.6 is 0 Å². The first-order valence-electron chi connectivity index (χ1n) is 21.3. The number of hydrogen-bond acceptors (Lipinski definition) is 10. The average Bonchev–Trinajstić information content (AvgIpc) is 3.15. The first-order valence-corrected chi connectivity index (χ1v) is 21.3. The van der Waals surface area contributed by atoms with E-state index in [1.807, 2.05) is 13.8 Å². The van der Waals surface area contributed by atoms with Gasteiger partial charge in [-0.2, -0.15) is 0 Å². The molecule has 0 aromatic heterocycles. The number of fused-ring (bicyclic) bond motifs is 10. The Balaban J connectivity index is 0.992. The third kappa shape index (κ3) is 5.60. The van der Waals surface area contributed by atoms with E-state index in [1.54, 1.807) is 0 Å². The first kappa shape index (κ1) is 39.6. The lowest BCUT2D eigenvalue weighted by Crippen LogP contribution is -2.66. The van der Waals surface area contributed by atoms with E-state index >= 15 is 0 Å². The highest BCUT2D eigenvalue weighted by Crippen LogP contribution is 2.68. The molecule has 2 N–H and O–H groups in total. The maximum Gasteiger partial charge on any atom is 0.332 e. The molecule has 8 aliphatic carbocycles. The zero-order valence-corrected chi connectivity index (χ0v) is 33.6. The summed E-state index contributed by atoms with van der Waals surface area (Å²) < 4.78 is 12.2. The van der Waals surface area contributed by atoms with Gasteiger partial charge < -0.3 is 19.7 Å². The van der Waals surface area contributed by atoms with Crippen molar-refractivity contribution in [2.24, 2.45) is 57.2 Å². The van der Waals surface area contributed by atoms with Crippen molar-refractivity contribution < 1.29 is 48.5 Å². The minimum absolute atomic E-state index is 0.00355. The number of aliphatic hydroxyl groups excluding tert-OH is 2. The summed E-state index contributed by atoms with van der Waals surface area (Å²) in [5.41, 5.74) is -3.08. The number of aldehydes is 2. The van der Waals surface area contributed by atoms with E-state index in [1.165, 1.54) is 0 Å². The van der Waals surface area contributed by atoms with Crippen LogP contribution in [0.2, 0.25) is 0 Å². The van der Waals surface area contributed by atoms with E-state index in [-0.39, 0.29) is 70.7 Å². The summed E-state index contributed by atoms with van der Waals surface area (Å²) in [5.74, 6) is -1.28. The number of ketones is 2. The van der Waals surface area contributed by atoms with Crippen LogP contribution in [-0.4, -0.2) is 69.7 Å². The Labute approximate surface area is 330 Å². The van der Waals surface area contributed by atoms with E-state index in [2.05, 4.69) is 26.0 Å². The predicted molar refractivity (Wildman–Crippen MR) is 204 cm³/mol. The predicted octanol–water partition coefficient (Wildman–Crippen LogP) is 6.29. The second kappa shape index (κ2) is 13.7. The van der Waals surface area contributed by atoms with Crippen LogP contribution in [0.3, 0.4) is 0 Å². The molecule has 0 heterocycles. The van der Waals surface area contributed by atoms with E-state index in [9.17, 15) is 39.0 Å². The quantitative estimate of drug-likeness (QED) is 0.136. The van der Waals surface area contributed by atoms with Crippen LogP contribution in [0.1, 0.15) is 130 Å². The van der Waals surface area contributed by atoms with Gasteiger partial charge in [-0.05, 0) is 123 Å². The van der Waals surface area contributed by atoms with Crippen molar-refractivity contribution in [3.63, 3.8) is 0 Å². The standard InChI is InChI=1S/C46H60O10/c1-41-19-15-29(49)21-27(41)9-11-31-33-7-5-17-45(25-47,43(33,3)23-35(51)39(31)41)55-37(53)13-14-38(54)56-46(26-48)18-6-8-34-32-12-10-28-22-30(50)16-20-42(28,2)40(32)36(52)24-44(34,46)4/h9-10,13-14,25-26,31-36,39-40,51-52H,5-8,11-12,15-24H2,1-4H3/t31?,32?,33-,34-,35-,36-,39+,40+,41-,42-,43-,44-,45-,46-/m0/s1. The summed E-state index contributed by atoms with van der Waals surface area (Å²) in [5, 5.41) is 23.7. The van der Waals surface area contributed by atoms with Crippen molar-refractivity contribution in [3.05, 3.63) is 35.5 Å². The summed E-state index contributed by atoms with van der Waals surface area (Å²) in [6.07, 6.45) is 15.0. The molecule has 0 radical (unpaired) electrons. The maximum atomic E-state index is 13.6. The Bertz CT molecular complexity index is 1680. The van der Waals surface area contributed by atoms with Crippen LogP contribution in [0.15, 0.2) is 35.5 Å². The molecule has 56 heavy (non-hydrogen) atoms. The van der Waals surface area contributed by atoms with Gasteiger partial charge in [-0.25, -0.2) is 9.59 Å². The molecule has 0 aliphatic heterocycles. The number of carbonyl (C=O) groups excluding carboxylic acids is 6. The summed E-state index contributed by atoms with van der Waals surface area (Å²) in [4.78, 5) is 78.3. The molecular weight excluding hydrogens is 712 g/mol. The second-order valence-corrected chi connectivity index (χ2v) is 20.1. The molecule has 14 atom stereocenters. The Morgan fingerprint density at radius 2 is 1.05 bits per heavy atom. The topological polar surface area (TPSA) is 161 Å². The fourth-order valence-corrected chi connectivity index (χ4v) is 15.0. The Kier molecular flexibility index (Phi) is 9.66. The van der Waals surface area contributed by atoms with Gasteiger partial charge >= 0.3 is 11.9 Å². The summed E-state index contributed by atoms with van der Waals surface area (Å²) in [6, 6.07) is 0. The molecule has 2 unspecified atom stereocenters. The van der Waals surface area contributed by atoms with Crippen molar-refractivity contribution in [3.8, 4) is 0 Å². The molecule has 10 nitrogen and oxygen atoms in total. The molecule has 0 aromatic carbocycles. The fraction of sp³-hybridized carbons (Fsp3) is 0.739. The van der Waals surface area contributed by atoms with Gasteiger partial charge in [0.25, 0.3) is 0 Å². The third-order valence-corrected chi connectivity index (χ3v) is 17.9. The molecule has 6 fully saturated rings. The number of ether oxygens (including phenoxy) is 2. The number of esters is 2. The molecule has 8 aliphatic rings. The molecular formula is C46H60O10. The van der Waals surface area contributed by atoms with Gasteiger partial charge in [0.05, 0.1) is 12.2 Å². The number of allylic oxidation sites excluding steroid dienone is 4. The van der Waals surface area contributed by atoms with Crippen LogP contribution in [0.4, 0.5) is 0 Å². The van der Waals surface area contributed by atoms with Crippen molar-refractivity contribution in [2.45, 2.75) is 154 Å². The number of Topliss-reactive ketones (excluding diaryl/α,β-unsaturated/α-hetero) is 2. The first-order chi connectivity index (χ1) is 26.5. The molecule has 0 bridgehead atoms. The number of rotatable bonds is 6. The zero-order chi connectivity index (χ0) is 40.1. The van der Waals surface area contributed by atoms with Gasteiger partial charge in [0.2, 0.25) is 0 Å². The monoisotopic (exact) mass is 772 g/mol. The third-order valence-electron chi connectivity index (χ3n) is 17.9. The lowest BCUT2D eigenvalue weighted by atomic mass is 9.42. The van der Waals surface area contributed by atoms with E-state index < -0.39 is 46.2 Å². The van der Waals surface area contributed by atoms with Crippen LogP contribution in [0.25, 0.3) is 0 Å². The highest BCUT2D eigenvalue weighted by atomic mass is 16.6. The summed E-state index contributed by atoms with van der Waals surface area (Å²) in [7, 11) is 0.